The van der Waals surface area contributed by atoms with E-state index in [4.69, 9.17) is 0 Å². The Morgan fingerprint density at radius 1 is 0.500 bits per heavy atom. The quantitative estimate of drug-likeness (QED) is 0.315. The van der Waals surface area contributed by atoms with Gasteiger partial charge in [0.05, 0.1) is 0 Å². The molecule has 0 radical (unpaired) electrons. The van der Waals surface area contributed by atoms with Gasteiger partial charge < -0.3 is 4.98 Å². The number of benzene rings is 4. The lowest BCUT2D eigenvalue weighted by atomic mass is 9.99. The Morgan fingerprint density at radius 2 is 1.25 bits per heavy atom. The highest BCUT2D eigenvalue weighted by Gasteiger charge is 2.12. The van der Waals surface area contributed by atoms with Crippen LogP contribution in [0.3, 0.4) is 0 Å². The fraction of sp³-hybridized carbons (Fsp3) is 0. The first-order valence-electron chi connectivity index (χ1n) is 8.13. The molecule has 0 fully saturated rings. The van der Waals surface area contributed by atoms with Crippen LogP contribution in [0.2, 0.25) is 0 Å². The van der Waals surface area contributed by atoms with Crippen molar-refractivity contribution in [3.63, 3.8) is 0 Å². The van der Waals surface area contributed by atoms with E-state index < -0.39 is 0 Å². The van der Waals surface area contributed by atoms with Gasteiger partial charge in [0.2, 0.25) is 0 Å². The highest BCUT2D eigenvalue weighted by molar-refractivity contribution is 7.26. The van der Waals surface area contributed by atoms with E-state index in [1.807, 2.05) is 11.3 Å². The van der Waals surface area contributed by atoms with Gasteiger partial charge in [0.15, 0.2) is 0 Å². The van der Waals surface area contributed by atoms with Crippen LogP contribution in [0.4, 0.5) is 0 Å². The molecule has 1 nitrogen and oxygen atoms in total. The van der Waals surface area contributed by atoms with Gasteiger partial charge in [0, 0.05) is 42.0 Å². The number of para-hydroxylation sites is 1. The number of hydrogen-bond acceptors (Lipinski definition) is 1. The fourth-order valence-electron chi connectivity index (χ4n) is 3.98. The van der Waals surface area contributed by atoms with Crippen molar-refractivity contribution in [3.05, 3.63) is 72.8 Å². The van der Waals surface area contributed by atoms with Gasteiger partial charge in [-0.1, -0.05) is 48.5 Å². The van der Waals surface area contributed by atoms with Gasteiger partial charge in [-0.3, -0.25) is 0 Å². The molecule has 0 amide bonds. The monoisotopic (exact) mass is 323 g/mol. The summed E-state index contributed by atoms with van der Waals surface area (Å²) >= 11 is 1.88. The summed E-state index contributed by atoms with van der Waals surface area (Å²) < 4.78 is 2.72. The first-order chi connectivity index (χ1) is 11.9. The summed E-state index contributed by atoms with van der Waals surface area (Å²) in [6.45, 7) is 0. The molecule has 24 heavy (non-hydrogen) atoms. The minimum absolute atomic E-state index is 1.20. The van der Waals surface area contributed by atoms with Gasteiger partial charge >= 0.3 is 0 Å². The molecule has 6 aromatic rings. The minimum Gasteiger partial charge on any atom is -0.354 e. The van der Waals surface area contributed by atoms with Crippen LogP contribution < -0.4 is 0 Å². The van der Waals surface area contributed by atoms with Crippen LogP contribution in [0, 0.1) is 0 Å². The first-order valence-corrected chi connectivity index (χ1v) is 8.95. The van der Waals surface area contributed by atoms with Crippen molar-refractivity contribution in [1.82, 2.24) is 4.98 Å². The average Bonchev–Trinajstić information content (AvgIpc) is 3.19. The Kier molecular flexibility index (Phi) is 2.29. The van der Waals surface area contributed by atoms with Gasteiger partial charge in [-0.25, -0.2) is 0 Å². The molecule has 0 spiro atoms. The number of rotatable bonds is 0. The molecule has 112 valence electrons. The zero-order valence-electron chi connectivity index (χ0n) is 12.8. The Morgan fingerprint density at radius 3 is 2.21 bits per heavy atom. The van der Waals surface area contributed by atoms with E-state index >= 15 is 0 Å². The van der Waals surface area contributed by atoms with E-state index in [2.05, 4.69) is 77.8 Å². The third-order valence-corrected chi connectivity index (χ3v) is 6.14. The van der Waals surface area contributed by atoms with Crippen molar-refractivity contribution in [1.29, 1.82) is 0 Å². The SMILES string of the molecule is c1ccc2c(c1)[nH]c1ccc3c(ccc4sc5ccccc5c43)c12. The molecule has 0 aliphatic carbocycles. The van der Waals surface area contributed by atoms with Crippen LogP contribution in [0.1, 0.15) is 0 Å². The molecule has 4 aromatic carbocycles. The smallest absolute Gasteiger partial charge is 0.0471 e. The standard InChI is InChI=1S/C22H13NS/c1-3-7-17-15(5-1)21-13-10-12-20-22(14(13)9-11-18(21)23-17)16-6-2-4-8-19(16)24-20/h1-12,23H. The zero-order chi connectivity index (χ0) is 15.7. The Bertz CT molecular complexity index is 1290. The summed E-state index contributed by atoms with van der Waals surface area (Å²) in [5, 5.41) is 8.07. The van der Waals surface area contributed by atoms with Crippen LogP contribution >= 0.6 is 11.3 Å². The lowest BCUT2D eigenvalue weighted by molar-refractivity contribution is 1.55. The van der Waals surface area contributed by atoms with Crippen LogP contribution in [0.5, 0.6) is 0 Å². The molecule has 0 saturated carbocycles. The maximum atomic E-state index is 3.55. The number of hydrogen-bond donors (Lipinski definition) is 1. The van der Waals surface area contributed by atoms with Gasteiger partial charge in [0.1, 0.15) is 0 Å². The van der Waals surface area contributed by atoms with Crippen LogP contribution in [0.15, 0.2) is 72.8 Å². The average molecular weight is 323 g/mol. The molecule has 0 saturated heterocycles. The molecular weight excluding hydrogens is 310 g/mol. The third-order valence-electron chi connectivity index (χ3n) is 5.00. The third kappa shape index (κ3) is 1.49. The van der Waals surface area contributed by atoms with Gasteiger partial charge in [-0.2, -0.15) is 0 Å². The van der Waals surface area contributed by atoms with Crippen LogP contribution in [0.25, 0.3) is 52.8 Å². The lowest BCUT2D eigenvalue weighted by Gasteiger charge is -2.03. The molecule has 0 atom stereocenters. The lowest BCUT2D eigenvalue weighted by Crippen LogP contribution is -1.77. The zero-order valence-corrected chi connectivity index (χ0v) is 13.7. The van der Waals surface area contributed by atoms with E-state index in [-0.39, 0.29) is 0 Å². The molecule has 2 heteroatoms. The molecule has 6 rings (SSSR count). The minimum atomic E-state index is 1.20. The number of aromatic amines is 1. The molecule has 0 aliphatic rings. The number of nitrogens with one attached hydrogen (secondary N) is 1. The maximum absolute atomic E-state index is 3.55. The number of fused-ring (bicyclic) bond motifs is 9. The van der Waals surface area contributed by atoms with Crippen LogP contribution in [-0.4, -0.2) is 4.98 Å². The second-order valence-electron chi connectivity index (χ2n) is 6.29. The Labute approximate surface area is 142 Å². The molecule has 2 aromatic heterocycles. The van der Waals surface area contributed by atoms with Crippen molar-refractivity contribution >= 4 is 64.1 Å². The molecule has 0 bridgehead atoms. The first kappa shape index (κ1) is 12.6. The van der Waals surface area contributed by atoms with Gasteiger partial charge in [-0.05, 0) is 35.0 Å². The predicted molar refractivity (Wildman–Crippen MR) is 106 cm³/mol. The highest BCUT2D eigenvalue weighted by atomic mass is 32.1. The van der Waals surface area contributed by atoms with Crippen molar-refractivity contribution in [2.24, 2.45) is 0 Å². The Balaban J connectivity index is 1.93. The molecular formula is C22H13NS. The second-order valence-corrected chi connectivity index (χ2v) is 7.37. The van der Waals surface area contributed by atoms with Gasteiger partial charge in [0.25, 0.3) is 0 Å². The highest BCUT2D eigenvalue weighted by Crippen LogP contribution is 2.41. The van der Waals surface area contributed by atoms with Crippen molar-refractivity contribution in [3.8, 4) is 0 Å². The van der Waals surface area contributed by atoms with E-state index in [1.54, 1.807) is 0 Å². The van der Waals surface area contributed by atoms with E-state index in [1.165, 1.54) is 52.8 Å². The topological polar surface area (TPSA) is 15.8 Å². The van der Waals surface area contributed by atoms with E-state index in [0.29, 0.717) is 0 Å². The summed E-state index contributed by atoms with van der Waals surface area (Å²) in [7, 11) is 0. The number of thiophene rings is 1. The predicted octanol–water partition coefficient (Wildman–Crippen LogP) is 6.84. The summed E-state index contributed by atoms with van der Waals surface area (Å²) in [5.74, 6) is 0. The second kappa shape index (κ2) is 4.37. The summed E-state index contributed by atoms with van der Waals surface area (Å²) in [6.07, 6.45) is 0. The molecule has 1 N–H and O–H groups in total. The largest absolute Gasteiger partial charge is 0.354 e. The van der Waals surface area contributed by atoms with E-state index in [0.717, 1.165) is 0 Å². The molecule has 0 aliphatic heterocycles. The van der Waals surface area contributed by atoms with Crippen molar-refractivity contribution in [2.75, 3.05) is 0 Å². The normalized spacial score (nSPS) is 12.2. The fourth-order valence-corrected chi connectivity index (χ4v) is 5.10. The van der Waals surface area contributed by atoms with Gasteiger partial charge in [-0.15, -0.1) is 11.3 Å². The summed E-state index contributed by atoms with van der Waals surface area (Å²) in [6, 6.07) is 26.4. The number of aromatic nitrogens is 1. The summed E-state index contributed by atoms with van der Waals surface area (Å²) in [4.78, 5) is 3.55. The van der Waals surface area contributed by atoms with Crippen molar-refractivity contribution < 1.29 is 0 Å². The summed E-state index contributed by atoms with van der Waals surface area (Å²) in [5.41, 5.74) is 2.41. The van der Waals surface area contributed by atoms with Crippen LogP contribution in [-0.2, 0) is 0 Å². The van der Waals surface area contributed by atoms with Crippen molar-refractivity contribution in [2.45, 2.75) is 0 Å². The Hall–Kier alpha value is -2.84. The number of H-pyrrole nitrogens is 1. The van der Waals surface area contributed by atoms with E-state index in [9.17, 15) is 0 Å². The maximum Gasteiger partial charge on any atom is 0.0471 e. The molecule has 2 heterocycles. The molecule has 0 unspecified atom stereocenters.